The number of aldehydes is 1. The van der Waals surface area contributed by atoms with Gasteiger partial charge in [-0.25, -0.2) is 4.39 Å². The zero-order chi connectivity index (χ0) is 18.5. The molecule has 0 aliphatic carbocycles. The van der Waals surface area contributed by atoms with Crippen molar-refractivity contribution in [3.05, 3.63) is 100 Å². The highest BCUT2D eigenvalue weighted by Gasteiger charge is 2.13. The van der Waals surface area contributed by atoms with Crippen LogP contribution >= 0.6 is 0 Å². The molecule has 0 aliphatic heterocycles. The first-order valence-electron chi connectivity index (χ1n) is 8.26. The molecule has 3 aromatic rings. The minimum absolute atomic E-state index is 0.0941. The smallest absolute Gasteiger partial charge is 0.258 e. The summed E-state index contributed by atoms with van der Waals surface area (Å²) in [5.41, 5.74) is 3.97. The van der Waals surface area contributed by atoms with Crippen LogP contribution in [0.15, 0.2) is 66.7 Å². The Morgan fingerprint density at radius 3 is 2.42 bits per heavy atom. The van der Waals surface area contributed by atoms with Crippen LogP contribution in [0.5, 0.6) is 0 Å². The Balaban J connectivity index is 1.75. The topological polar surface area (TPSA) is 46.2 Å². The average molecular weight is 347 g/mol. The maximum absolute atomic E-state index is 14.0. The van der Waals surface area contributed by atoms with Gasteiger partial charge in [0, 0.05) is 11.3 Å². The molecule has 0 radical (unpaired) electrons. The van der Waals surface area contributed by atoms with Crippen molar-refractivity contribution >= 4 is 17.9 Å². The average Bonchev–Trinajstić information content (AvgIpc) is 2.64. The quantitative estimate of drug-likeness (QED) is 0.675. The molecule has 3 rings (SSSR count). The van der Waals surface area contributed by atoms with Crippen molar-refractivity contribution in [2.75, 3.05) is 5.32 Å². The van der Waals surface area contributed by atoms with Gasteiger partial charge in [0.05, 0.1) is 5.56 Å². The molecule has 0 fully saturated rings. The van der Waals surface area contributed by atoms with Gasteiger partial charge in [-0.05, 0) is 48.2 Å². The number of halogens is 1. The van der Waals surface area contributed by atoms with Crippen LogP contribution in [0, 0.1) is 12.7 Å². The van der Waals surface area contributed by atoms with Crippen LogP contribution in [-0.2, 0) is 6.42 Å². The zero-order valence-electron chi connectivity index (χ0n) is 14.3. The van der Waals surface area contributed by atoms with E-state index in [1.807, 2.05) is 43.3 Å². The van der Waals surface area contributed by atoms with E-state index in [4.69, 9.17) is 0 Å². The number of nitrogens with one attached hydrogen (secondary N) is 1. The first-order chi connectivity index (χ1) is 12.6. The monoisotopic (exact) mass is 347 g/mol. The summed E-state index contributed by atoms with van der Waals surface area (Å²) in [6.07, 6.45) is 1.35. The number of hydrogen-bond acceptors (Lipinski definition) is 2. The Morgan fingerprint density at radius 2 is 1.77 bits per heavy atom. The van der Waals surface area contributed by atoms with Gasteiger partial charge in [0.2, 0.25) is 0 Å². The van der Waals surface area contributed by atoms with E-state index in [2.05, 4.69) is 17.4 Å². The van der Waals surface area contributed by atoms with Crippen molar-refractivity contribution in [2.45, 2.75) is 13.3 Å². The molecule has 3 nitrogen and oxygen atoms in total. The lowest BCUT2D eigenvalue weighted by Crippen LogP contribution is -2.15. The maximum atomic E-state index is 14.0. The van der Waals surface area contributed by atoms with Crippen molar-refractivity contribution in [1.82, 2.24) is 0 Å². The van der Waals surface area contributed by atoms with Gasteiger partial charge < -0.3 is 5.32 Å². The third-order valence-corrected chi connectivity index (χ3v) is 4.16. The van der Waals surface area contributed by atoms with E-state index in [1.54, 1.807) is 0 Å². The second-order valence-electron chi connectivity index (χ2n) is 6.12. The number of amides is 1. The predicted octanol–water partition coefficient (Wildman–Crippen LogP) is 4.79. The molecule has 4 heteroatoms. The van der Waals surface area contributed by atoms with Crippen molar-refractivity contribution < 1.29 is 14.0 Å². The summed E-state index contributed by atoms with van der Waals surface area (Å²) >= 11 is 0. The SMILES string of the molecule is Cc1cc(Cc2ccccc2)ccc1NC(=O)c1ccc(C=O)cc1F. The molecular weight excluding hydrogens is 329 g/mol. The molecule has 26 heavy (non-hydrogen) atoms. The lowest BCUT2D eigenvalue weighted by atomic mass is 10.0. The molecule has 1 amide bonds. The molecule has 0 aromatic heterocycles. The van der Waals surface area contributed by atoms with Crippen LogP contribution in [0.4, 0.5) is 10.1 Å². The molecule has 3 aromatic carbocycles. The number of carbonyl (C=O) groups is 2. The van der Waals surface area contributed by atoms with Crippen LogP contribution in [0.25, 0.3) is 0 Å². The standard InChI is InChI=1S/C22H18FNO2/c1-15-11-17(12-16-5-3-2-4-6-16)8-10-21(15)24-22(26)19-9-7-18(14-25)13-20(19)23/h2-11,13-14H,12H2,1H3,(H,24,26). The number of benzene rings is 3. The van der Waals surface area contributed by atoms with Crippen LogP contribution in [0.3, 0.4) is 0 Å². The highest BCUT2D eigenvalue weighted by atomic mass is 19.1. The highest BCUT2D eigenvalue weighted by molar-refractivity contribution is 6.05. The molecule has 0 bridgehead atoms. The van der Waals surface area contributed by atoms with E-state index >= 15 is 0 Å². The minimum Gasteiger partial charge on any atom is -0.322 e. The summed E-state index contributed by atoms with van der Waals surface area (Å²) in [5, 5.41) is 2.73. The second-order valence-corrected chi connectivity index (χ2v) is 6.12. The van der Waals surface area contributed by atoms with E-state index in [-0.39, 0.29) is 11.1 Å². The van der Waals surface area contributed by atoms with Gasteiger partial charge in [-0.2, -0.15) is 0 Å². The molecule has 0 spiro atoms. The molecule has 130 valence electrons. The first kappa shape index (κ1) is 17.5. The largest absolute Gasteiger partial charge is 0.322 e. The lowest BCUT2D eigenvalue weighted by Gasteiger charge is -2.11. The van der Waals surface area contributed by atoms with Gasteiger partial charge in [0.1, 0.15) is 12.1 Å². The fourth-order valence-corrected chi connectivity index (χ4v) is 2.79. The normalized spacial score (nSPS) is 10.4. The number of rotatable bonds is 5. The molecule has 1 N–H and O–H groups in total. The summed E-state index contributed by atoms with van der Waals surface area (Å²) in [4.78, 5) is 23.0. The minimum atomic E-state index is -0.717. The fourth-order valence-electron chi connectivity index (χ4n) is 2.79. The van der Waals surface area contributed by atoms with Crippen LogP contribution < -0.4 is 5.32 Å². The zero-order valence-corrected chi connectivity index (χ0v) is 14.3. The van der Waals surface area contributed by atoms with E-state index in [1.165, 1.54) is 17.7 Å². The third-order valence-electron chi connectivity index (χ3n) is 4.16. The van der Waals surface area contributed by atoms with Crippen LogP contribution in [-0.4, -0.2) is 12.2 Å². The summed E-state index contributed by atoms with van der Waals surface area (Å²) < 4.78 is 14.0. The summed E-state index contributed by atoms with van der Waals surface area (Å²) in [7, 11) is 0. The Hall–Kier alpha value is -3.27. The van der Waals surface area contributed by atoms with Crippen molar-refractivity contribution in [1.29, 1.82) is 0 Å². The van der Waals surface area contributed by atoms with E-state index in [0.29, 0.717) is 12.0 Å². The van der Waals surface area contributed by atoms with Gasteiger partial charge in [-0.15, -0.1) is 0 Å². The maximum Gasteiger partial charge on any atom is 0.258 e. The van der Waals surface area contributed by atoms with E-state index in [9.17, 15) is 14.0 Å². The summed E-state index contributed by atoms with van der Waals surface area (Å²) in [6.45, 7) is 1.90. The van der Waals surface area contributed by atoms with Crippen molar-refractivity contribution in [3.8, 4) is 0 Å². The van der Waals surface area contributed by atoms with Gasteiger partial charge in [-0.3, -0.25) is 9.59 Å². The van der Waals surface area contributed by atoms with E-state index < -0.39 is 11.7 Å². The van der Waals surface area contributed by atoms with Crippen LogP contribution in [0.2, 0.25) is 0 Å². The van der Waals surface area contributed by atoms with Gasteiger partial charge >= 0.3 is 0 Å². The summed E-state index contributed by atoms with van der Waals surface area (Å²) in [6, 6.07) is 19.7. The van der Waals surface area contributed by atoms with Gasteiger partial charge in [0.15, 0.2) is 0 Å². The molecule has 0 heterocycles. The molecule has 0 saturated carbocycles. The Labute approximate surface area is 151 Å². The fraction of sp³-hybridized carbons (Fsp3) is 0.0909. The van der Waals surface area contributed by atoms with E-state index in [0.717, 1.165) is 23.6 Å². The van der Waals surface area contributed by atoms with Gasteiger partial charge in [0.25, 0.3) is 5.91 Å². The molecular formula is C22H18FNO2. The predicted molar refractivity (Wildman–Crippen MR) is 100 cm³/mol. The number of aryl methyl sites for hydroxylation is 1. The Bertz CT molecular complexity index is 952. The van der Waals surface area contributed by atoms with Crippen molar-refractivity contribution in [3.63, 3.8) is 0 Å². The Kier molecular flexibility index (Phi) is 5.23. The van der Waals surface area contributed by atoms with Crippen molar-refractivity contribution in [2.24, 2.45) is 0 Å². The molecule has 0 saturated heterocycles. The third kappa shape index (κ3) is 4.03. The highest BCUT2D eigenvalue weighted by Crippen LogP contribution is 2.20. The second kappa shape index (κ2) is 7.74. The number of hydrogen-bond donors (Lipinski definition) is 1. The number of anilines is 1. The first-order valence-corrected chi connectivity index (χ1v) is 8.26. The van der Waals surface area contributed by atoms with Gasteiger partial charge in [-0.1, -0.05) is 48.5 Å². The Morgan fingerprint density at radius 1 is 1.00 bits per heavy atom. The van der Waals surface area contributed by atoms with Crippen LogP contribution in [0.1, 0.15) is 37.4 Å². The number of carbonyl (C=O) groups excluding carboxylic acids is 2. The molecule has 0 unspecified atom stereocenters. The lowest BCUT2D eigenvalue weighted by molar-refractivity contribution is 0.102. The molecule has 0 atom stereocenters. The summed E-state index contributed by atoms with van der Waals surface area (Å²) in [5.74, 6) is -1.26. The molecule has 0 aliphatic rings.